The summed E-state index contributed by atoms with van der Waals surface area (Å²) in [6.07, 6.45) is 4.88. The molecule has 0 saturated carbocycles. The van der Waals surface area contributed by atoms with Crippen molar-refractivity contribution in [1.82, 2.24) is 4.90 Å². The van der Waals surface area contributed by atoms with Crippen LogP contribution in [0.2, 0.25) is 0 Å². The molecule has 4 rings (SSSR count). The molecule has 1 atom stereocenters. The van der Waals surface area contributed by atoms with E-state index in [1.807, 2.05) is 6.07 Å². The number of primary amides is 1. The second-order valence-corrected chi connectivity index (χ2v) is 7.71. The summed E-state index contributed by atoms with van der Waals surface area (Å²) in [6, 6.07) is 6.24. The summed E-state index contributed by atoms with van der Waals surface area (Å²) in [6.45, 7) is 1.55. The van der Waals surface area contributed by atoms with Crippen LogP contribution in [0.1, 0.15) is 36.8 Å². The zero-order valence-corrected chi connectivity index (χ0v) is 14.9. The van der Waals surface area contributed by atoms with Gasteiger partial charge in [-0.05, 0) is 55.4 Å². The van der Waals surface area contributed by atoms with Gasteiger partial charge in [0.05, 0.1) is 5.92 Å². The van der Waals surface area contributed by atoms with Gasteiger partial charge in [-0.1, -0.05) is 6.07 Å². The number of likely N-dealkylation sites (tertiary alicyclic amines) is 1. The molecule has 1 aliphatic carbocycles. The number of benzene rings is 1. The number of piperidine rings is 1. The van der Waals surface area contributed by atoms with Gasteiger partial charge in [0.1, 0.15) is 0 Å². The molecular weight excluding hydrogens is 330 g/mol. The number of rotatable bonds is 3. The molecule has 0 radical (unpaired) electrons. The van der Waals surface area contributed by atoms with Gasteiger partial charge in [-0.3, -0.25) is 14.4 Å². The van der Waals surface area contributed by atoms with Gasteiger partial charge in [-0.2, -0.15) is 0 Å². The first-order valence-electron chi connectivity index (χ1n) is 9.53. The Morgan fingerprint density at radius 3 is 2.50 bits per heavy atom. The van der Waals surface area contributed by atoms with E-state index in [1.165, 1.54) is 17.5 Å². The van der Waals surface area contributed by atoms with Crippen LogP contribution in [0.15, 0.2) is 18.2 Å². The third kappa shape index (κ3) is 3.08. The lowest BCUT2D eigenvalue weighted by molar-refractivity contribution is -0.138. The minimum Gasteiger partial charge on any atom is -0.369 e. The summed E-state index contributed by atoms with van der Waals surface area (Å²) in [5.74, 6) is -0.651. The molecule has 1 aromatic carbocycles. The minimum absolute atomic E-state index is 0.0216. The van der Waals surface area contributed by atoms with E-state index in [4.69, 9.17) is 5.73 Å². The molecule has 0 spiro atoms. The highest BCUT2D eigenvalue weighted by molar-refractivity contribution is 6.00. The molecule has 3 amide bonds. The predicted molar refractivity (Wildman–Crippen MR) is 97.4 cm³/mol. The quantitative estimate of drug-likeness (QED) is 0.886. The molecule has 2 heterocycles. The third-order valence-corrected chi connectivity index (χ3v) is 6.08. The van der Waals surface area contributed by atoms with E-state index in [0.29, 0.717) is 32.5 Å². The average Bonchev–Trinajstić information content (AvgIpc) is 3.26. The molecule has 2 saturated heterocycles. The normalized spacial score (nSPS) is 23.4. The van der Waals surface area contributed by atoms with Crippen molar-refractivity contribution in [2.75, 3.05) is 24.5 Å². The SMILES string of the molecule is NC(=O)C1CCN(C(=O)C2CC(=O)N(c3ccc4c(c3)CCC4)C2)CC1. The van der Waals surface area contributed by atoms with Gasteiger partial charge in [0.2, 0.25) is 17.7 Å². The molecule has 0 aromatic heterocycles. The highest BCUT2D eigenvalue weighted by atomic mass is 16.2. The summed E-state index contributed by atoms with van der Waals surface area (Å²) >= 11 is 0. The molecule has 2 fully saturated rings. The average molecular weight is 355 g/mol. The van der Waals surface area contributed by atoms with Crippen LogP contribution in [0.3, 0.4) is 0 Å². The monoisotopic (exact) mass is 355 g/mol. The Balaban J connectivity index is 1.41. The van der Waals surface area contributed by atoms with E-state index in [9.17, 15) is 14.4 Å². The number of anilines is 1. The van der Waals surface area contributed by atoms with Gasteiger partial charge in [0.15, 0.2) is 0 Å². The van der Waals surface area contributed by atoms with E-state index in [0.717, 1.165) is 18.5 Å². The van der Waals surface area contributed by atoms with Crippen LogP contribution in [-0.4, -0.2) is 42.3 Å². The number of fused-ring (bicyclic) bond motifs is 1. The van der Waals surface area contributed by atoms with Crippen LogP contribution in [-0.2, 0) is 27.2 Å². The van der Waals surface area contributed by atoms with Gasteiger partial charge in [0, 0.05) is 37.7 Å². The number of amides is 3. The second kappa shape index (κ2) is 6.74. The summed E-state index contributed by atoms with van der Waals surface area (Å²) in [5.41, 5.74) is 8.98. The number of nitrogens with two attached hydrogens (primary N) is 1. The maximum atomic E-state index is 12.8. The fraction of sp³-hybridized carbons (Fsp3) is 0.550. The van der Waals surface area contributed by atoms with Crippen LogP contribution in [0.25, 0.3) is 0 Å². The van der Waals surface area contributed by atoms with E-state index < -0.39 is 0 Å². The molecule has 1 aromatic rings. The van der Waals surface area contributed by atoms with E-state index >= 15 is 0 Å². The summed E-state index contributed by atoms with van der Waals surface area (Å²) < 4.78 is 0. The Morgan fingerprint density at radius 2 is 1.77 bits per heavy atom. The van der Waals surface area contributed by atoms with Crippen molar-refractivity contribution in [3.8, 4) is 0 Å². The zero-order valence-electron chi connectivity index (χ0n) is 14.9. The number of carbonyl (C=O) groups is 3. The van der Waals surface area contributed by atoms with Crippen molar-refractivity contribution < 1.29 is 14.4 Å². The molecule has 3 aliphatic rings. The highest BCUT2D eigenvalue weighted by Gasteiger charge is 2.38. The number of aryl methyl sites for hydroxylation is 2. The first kappa shape index (κ1) is 17.1. The molecule has 1 unspecified atom stereocenters. The number of nitrogens with zero attached hydrogens (tertiary/aromatic N) is 2. The Morgan fingerprint density at radius 1 is 1.04 bits per heavy atom. The van der Waals surface area contributed by atoms with Crippen molar-refractivity contribution in [3.63, 3.8) is 0 Å². The van der Waals surface area contributed by atoms with Gasteiger partial charge in [0.25, 0.3) is 0 Å². The van der Waals surface area contributed by atoms with Crippen molar-refractivity contribution in [2.45, 2.75) is 38.5 Å². The molecule has 2 N–H and O–H groups in total. The largest absolute Gasteiger partial charge is 0.369 e. The molecular formula is C20H25N3O3. The fourth-order valence-corrected chi connectivity index (χ4v) is 4.49. The van der Waals surface area contributed by atoms with Crippen molar-refractivity contribution >= 4 is 23.4 Å². The molecule has 26 heavy (non-hydrogen) atoms. The molecule has 0 bridgehead atoms. The van der Waals surface area contributed by atoms with Crippen LogP contribution in [0.4, 0.5) is 5.69 Å². The lowest BCUT2D eigenvalue weighted by Crippen LogP contribution is -2.44. The van der Waals surface area contributed by atoms with Crippen molar-refractivity contribution in [3.05, 3.63) is 29.3 Å². The summed E-state index contributed by atoms with van der Waals surface area (Å²) in [7, 11) is 0. The lowest BCUT2D eigenvalue weighted by atomic mass is 9.95. The molecule has 6 nitrogen and oxygen atoms in total. The maximum Gasteiger partial charge on any atom is 0.228 e. The first-order valence-corrected chi connectivity index (χ1v) is 9.53. The van der Waals surface area contributed by atoms with Gasteiger partial charge < -0.3 is 15.5 Å². The number of carbonyl (C=O) groups excluding carboxylic acids is 3. The molecule has 6 heteroatoms. The van der Waals surface area contributed by atoms with Crippen molar-refractivity contribution in [1.29, 1.82) is 0 Å². The summed E-state index contributed by atoms with van der Waals surface area (Å²) in [5, 5.41) is 0. The standard InChI is InChI=1S/C20H25N3O3/c21-19(25)14-6-8-22(9-7-14)20(26)16-11-18(24)23(12-16)17-5-4-13-2-1-3-15(13)10-17/h4-5,10,14,16H,1-3,6-9,11-12H2,(H2,21,25). The Labute approximate surface area is 153 Å². The lowest BCUT2D eigenvalue weighted by Gasteiger charge is -2.32. The van der Waals surface area contributed by atoms with Crippen molar-refractivity contribution in [2.24, 2.45) is 17.6 Å². The molecule has 2 aliphatic heterocycles. The van der Waals surface area contributed by atoms with E-state index in [-0.39, 0.29) is 36.0 Å². The van der Waals surface area contributed by atoms with Gasteiger partial charge in [-0.25, -0.2) is 0 Å². The van der Waals surface area contributed by atoms with Crippen LogP contribution in [0.5, 0.6) is 0 Å². The number of hydrogen-bond donors (Lipinski definition) is 1. The highest BCUT2D eigenvalue weighted by Crippen LogP contribution is 2.31. The fourth-order valence-electron chi connectivity index (χ4n) is 4.49. The van der Waals surface area contributed by atoms with Crippen LogP contribution < -0.4 is 10.6 Å². The van der Waals surface area contributed by atoms with Crippen LogP contribution in [0, 0.1) is 11.8 Å². The third-order valence-electron chi connectivity index (χ3n) is 6.08. The molecule has 138 valence electrons. The van der Waals surface area contributed by atoms with E-state index in [1.54, 1.807) is 9.80 Å². The van der Waals surface area contributed by atoms with Gasteiger partial charge >= 0.3 is 0 Å². The predicted octanol–water partition coefficient (Wildman–Crippen LogP) is 1.25. The van der Waals surface area contributed by atoms with E-state index in [2.05, 4.69) is 12.1 Å². The Kier molecular flexibility index (Phi) is 4.42. The second-order valence-electron chi connectivity index (χ2n) is 7.71. The first-order chi connectivity index (χ1) is 12.5. The topological polar surface area (TPSA) is 83.7 Å². The smallest absolute Gasteiger partial charge is 0.228 e. The minimum atomic E-state index is -0.291. The maximum absolute atomic E-state index is 12.8. The van der Waals surface area contributed by atoms with Gasteiger partial charge in [-0.15, -0.1) is 0 Å². The Hall–Kier alpha value is -2.37. The Bertz CT molecular complexity index is 753. The number of hydrogen-bond acceptors (Lipinski definition) is 3. The van der Waals surface area contributed by atoms with Crippen LogP contribution >= 0.6 is 0 Å². The zero-order chi connectivity index (χ0) is 18.3. The summed E-state index contributed by atoms with van der Waals surface area (Å²) in [4.78, 5) is 40.2.